The third-order valence-corrected chi connectivity index (χ3v) is 5.34. The Balaban J connectivity index is 2.70. The molecule has 0 spiro atoms. The quantitative estimate of drug-likeness (QED) is 0.210. The predicted molar refractivity (Wildman–Crippen MR) is 101 cm³/mol. The molecule has 162 valence electrons. The number of carbonyl (C=O) groups is 6. The first-order chi connectivity index (χ1) is 13.6. The van der Waals surface area contributed by atoms with Crippen LogP contribution in [0.4, 0.5) is 0 Å². The molecule has 0 bridgehead atoms. The SMILES string of the molecule is CCN1C(=O)CC(SCC(NC(=O)CCC(N)C(=O)O)C(=O)NCC(=O)O)C1=O. The molecule has 3 atom stereocenters. The van der Waals surface area contributed by atoms with Crippen molar-refractivity contribution in [1.29, 1.82) is 0 Å². The molecule has 0 radical (unpaired) electrons. The maximum Gasteiger partial charge on any atom is 0.322 e. The number of likely N-dealkylation sites (tertiary alicyclic amines) is 1. The normalized spacial score (nSPS) is 18.3. The minimum atomic E-state index is -1.28. The zero-order chi connectivity index (χ0) is 22.1. The molecule has 1 fully saturated rings. The van der Waals surface area contributed by atoms with Crippen LogP contribution in [0.15, 0.2) is 0 Å². The second-order valence-electron chi connectivity index (χ2n) is 6.22. The van der Waals surface area contributed by atoms with Crippen molar-refractivity contribution in [2.75, 3.05) is 18.8 Å². The van der Waals surface area contributed by atoms with E-state index in [1.165, 1.54) is 0 Å². The number of nitrogens with two attached hydrogens (primary N) is 1. The van der Waals surface area contributed by atoms with Crippen LogP contribution < -0.4 is 16.4 Å². The number of amides is 4. The molecule has 6 N–H and O–H groups in total. The maximum atomic E-state index is 12.2. The summed E-state index contributed by atoms with van der Waals surface area (Å²) in [5, 5.41) is 21.2. The monoisotopic (exact) mass is 432 g/mol. The minimum Gasteiger partial charge on any atom is -0.480 e. The van der Waals surface area contributed by atoms with Crippen LogP contribution in [0.3, 0.4) is 0 Å². The number of carbonyl (C=O) groups excluding carboxylic acids is 4. The Hall–Kier alpha value is -2.67. The molecule has 29 heavy (non-hydrogen) atoms. The van der Waals surface area contributed by atoms with Crippen molar-refractivity contribution in [3.63, 3.8) is 0 Å². The average Bonchev–Trinajstić information content (AvgIpc) is 2.93. The molecule has 0 aromatic carbocycles. The van der Waals surface area contributed by atoms with Crippen molar-refractivity contribution in [3.05, 3.63) is 0 Å². The smallest absolute Gasteiger partial charge is 0.322 e. The van der Waals surface area contributed by atoms with Gasteiger partial charge in [0, 0.05) is 25.1 Å². The number of carboxylic acid groups (broad SMARTS) is 2. The summed E-state index contributed by atoms with van der Waals surface area (Å²) >= 11 is 1.00. The standard InChI is InChI=1S/C16H24N4O8S/c1-2-20-12(22)5-10(15(20)26)29-7-9(14(25)18-6-13(23)24)19-11(21)4-3-8(17)16(27)28/h8-10H,2-7,17H2,1H3,(H,18,25)(H,19,21)(H,23,24)(H,27,28). The summed E-state index contributed by atoms with van der Waals surface area (Å²) in [5.41, 5.74) is 5.33. The summed E-state index contributed by atoms with van der Waals surface area (Å²) < 4.78 is 0. The van der Waals surface area contributed by atoms with Gasteiger partial charge in [-0.15, -0.1) is 11.8 Å². The van der Waals surface area contributed by atoms with E-state index < -0.39 is 47.6 Å². The van der Waals surface area contributed by atoms with E-state index in [1.54, 1.807) is 6.92 Å². The van der Waals surface area contributed by atoms with E-state index in [1.807, 2.05) is 0 Å². The van der Waals surface area contributed by atoms with Gasteiger partial charge in [-0.3, -0.25) is 33.7 Å². The van der Waals surface area contributed by atoms with E-state index in [-0.39, 0.29) is 43.4 Å². The third-order valence-electron chi connectivity index (χ3n) is 4.05. The fraction of sp³-hybridized carbons (Fsp3) is 0.625. The van der Waals surface area contributed by atoms with Crippen molar-refractivity contribution in [2.45, 2.75) is 43.5 Å². The molecule has 1 aliphatic heterocycles. The van der Waals surface area contributed by atoms with Gasteiger partial charge >= 0.3 is 11.9 Å². The van der Waals surface area contributed by atoms with Gasteiger partial charge in [-0.05, 0) is 13.3 Å². The van der Waals surface area contributed by atoms with Gasteiger partial charge in [-0.1, -0.05) is 0 Å². The summed E-state index contributed by atoms with van der Waals surface area (Å²) in [6, 6.07) is -2.41. The van der Waals surface area contributed by atoms with E-state index in [9.17, 15) is 28.8 Å². The first-order valence-electron chi connectivity index (χ1n) is 8.79. The van der Waals surface area contributed by atoms with Gasteiger partial charge < -0.3 is 26.6 Å². The molecule has 1 saturated heterocycles. The number of thioether (sulfide) groups is 1. The lowest BCUT2D eigenvalue weighted by Crippen LogP contribution is -2.50. The molecular weight excluding hydrogens is 408 g/mol. The highest BCUT2D eigenvalue weighted by atomic mass is 32.2. The van der Waals surface area contributed by atoms with Gasteiger partial charge in [-0.25, -0.2) is 0 Å². The number of hydrogen-bond donors (Lipinski definition) is 5. The number of hydrogen-bond acceptors (Lipinski definition) is 8. The molecule has 1 heterocycles. The van der Waals surface area contributed by atoms with Crippen LogP contribution in [0.1, 0.15) is 26.2 Å². The Bertz CT molecular complexity index is 686. The van der Waals surface area contributed by atoms with Crippen LogP contribution in [0.25, 0.3) is 0 Å². The van der Waals surface area contributed by atoms with Crippen molar-refractivity contribution in [3.8, 4) is 0 Å². The molecule has 3 unspecified atom stereocenters. The first kappa shape index (κ1) is 24.4. The highest BCUT2D eigenvalue weighted by Gasteiger charge is 2.38. The molecule has 0 aliphatic carbocycles. The highest BCUT2D eigenvalue weighted by molar-refractivity contribution is 8.00. The van der Waals surface area contributed by atoms with Crippen LogP contribution in [-0.2, 0) is 28.8 Å². The molecule has 0 aromatic rings. The largest absolute Gasteiger partial charge is 0.480 e. The van der Waals surface area contributed by atoms with Gasteiger partial charge in [0.25, 0.3) is 0 Å². The van der Waals surface area contributed by atoms with Crippen molar-refractivity contribution >= 4 is 47.3 Å². The Morgan fingerprint density at radius 2 is 1.93 bits per heavy atom. The lowest BCUT2D eigenvalue weighted by molar-refractivity contribution is -0.139. The summed E-state index contributed by atoms with van der Waals surface area (Å²) in [5.74, 6) is -4.77. The van der Waals surface area contributed by atoms with E-state index in [2.05, 4.69) is 10.6 Å². The summed E-state index contributed by atoms with van der Waals surface area (Å²) in [7, 11) is 0. The van der Waals surface area contributed by atoms with Crippen molar-refractivity contribution in [1.82, 2.24) is 15.5 Å². The molecule has 12 nitrogen and oxygen atoms in total. The fourth-order valence-corrected chi connectivity index (χ4v) is 3.66. The maximum absolute atomic E-state index is 12.2. The Morgan fingerprint density at radius 3 is 2.45 bits per heavy atom. The number of carboxylic acids is 2. The topological polar surface area (TPSA) is 196 Å². The van der Waals surface area contributed by atoms with Gasteiger partial charge in [0.15, 0.2) is 0 Å². The lowest BCUT2D eigenvalue weighted by Gasteiger charge is -2.19. The molecule has 4 amide bonds. The van der Waals surface area contributed by atoms with Gasteiger partial charge in [0.05, 0.1) is 5.25 Å². The number of imide groups is 1. The first-order valence-corrected chi connectivity index (χ1v) is 9.84. The van der Waals surface area contributed by atoms with E-state index in [0.29, 0.717) is 0 Å². The van der Waals surface area contributed by atoms with Crippen molar-refractivity contribution in [2.24, 2.45) is 5.73 Å². The van der Waals surface area contributed by atoms with Crippen molar-refractivity contribution < 1.29 is 39.0 Å². The number of rotatable bonds is 12. The Labute approximate surface area is 170 Å². The Morgan fingerprint density at radius 1 is 1.28 bits per heavy atom. The second kappa shape index (κ2) is 11.4. The molecular formula is C16H24N4O8S. The second-order valence-corrected chi connectivity index (χ2v) is 7.45. The lowest BCUT2D eigenvalue weighted by atomic mass is 10.1. The van der Waals surface area contributed by atoms with E-state index in [4.69, 9.17) is 15.9 Å². The van der Waals surface area contributed by atoms with Crippen LogP contribution in [0, 0.1) is 0 Å². The molecule has 0 saturated carbocycles. The number of nitrogens with one attached hydrogen (secondary N) is 2. The Kier molecular flexibility index (Phi) is 9.55. The molecule has 1 rings (SSSR count). The summed E-state index contributed by atoms with van der Waals surface area (Å²) in [4.78, 5) is 70.6. The number of nitrogens with zero attached hydrogens (tertiary/aromatic N) is 1. The summed E-state index contributed by atoms with van der Waals surface area (Å²) in [6.07, 6.45) is -0.438. The average molecular weight is 432 g/mol. The minimum absolute atomic E-state index is 0.0256. The number of aliphatic carboxylic acids is 2. The molecule has 1 aliphatic rings. The fourth-order valence-electron chi connectivity index (χ4n) is 2.47. The van der Waals surface area contributed by atoms with Gasteiger partial charge in [0.1, 0.15) is 18.6 Å². The zero-order valence-corrected chi connectivity index (χ0v) is 16.6. The van der Waals surface area contributed by atoms with E-state index in [0.717, 1.165) is 16.7 Å². The molecule has 0 aromatic heterocycles. The summed E-state index contributed by atoms with van der Waals surface area (Å²) in [6.45, 7) is 1.23. The van der Waals surface area contributed by atoms with Gasteiger partial charge in [-0.2, -0.15) is 0 Å². The molecule has 13 heteroatoms. The highest BCUT2D eigenvalue weighted by Crippen LogP contribution is 2.25. The van der Waals surface area contributed by atoms with Crippen LogP contribution in [0.5, 0.6) is 0 Å². The van der Waals surface area contributed by atoms with Crippen LogP contribution >= 0.6 is 11.8 Å². The third kappa shape index (κ3) is 7.69. The van der Waals surface area contributed by atoms with Gasteiger partial charge in [0.2, 0.25) is 23.6 Å². The van der Waals surface area contributed by atoms with E-state index >= 15 is 0 Å². The zero-order valence-electron chi connectivity index (χ0n) is 15.8. The van der Waals surface area contributed by atoms with Crippen LogP contribution in [-0.4, -0.2) is 86.9 Å². The van der Waals surface area contributed by atoms with Crippen LogP contribution in [0.2, 0.25) is 0 Å². The predicted octanol–water partition coefficient (Wildman–Crippen LogP) is -2.26.